The first kappa shape index (κ1) is 21.1. The summed E-state index contributed by atoms with van der Waals surface area (Å²) in [6.45, 7) is 0. The number of benzene rings is 3. The molecule has 0 bridgehead atoms. The summed E-state index contributed by atoms with van der Waals surface area (Å²) in [6.07, 6.45) is 3.85. The Labute approximate surface area is 190 Å². The molecule has 0 saturated carbocycles. The second-order valence-electron chi connectivity index (χ2n) is 6.88. The molecule has 6 heteroatoms. The van der Waals surface area contributed by atoms with E-state index in [-0.39, 0.29) is 5.91 Å². The first-order chi connectivity index (χ1) is 15.1. The molecule has 0 spiro atoms. The number of ether oxygens (including phenoxy) is 1. The zero-order chi connectivity index (χ0) is 21.8. The number of methoxy groups -OCH3 is 1. The van der Waals surface area contributed by atoms with Gasteiger partial charge in [0.15, 0.2) is 0 Å². The highest BCUT2D eigenvalue weighted by Gasteiger charge is 2.16. The minimum atomic E-state index is -0.190. The van der Waals surface area contributed by atoms with E-state index in [2.05, 4.69) is 10.3 Å². The maximum atomic E-state index is 13.3. The average molecular weight is 449 g/mol. The zero-order valence-corrected chi connectivity index (χ0v) is 18.7. The lowest BCUT2D eigenvalue weighted by atomic mass is 9.98. The quantitative estimate of drug-likeness (QED) is 0.313. The molecule has 0 aliphatic rings. The van der Waals surface area contributed by atoms with Gasteiger partial charge in [-0.15, -0.1) is 11.8 Å². The molecule has 31 heavy (non-hydrogen) atoms. The largest absolute Gasteiger partial charge is 0.497 e. The molecule has 0 saturated heterocycles. The van der Waals surface area contributed by atoms with Crippen molar-refractivity contribution >= 4 is 35.0 Å². The Kier molecular flexibility index (Phi) is 6.35. The van der Waals surface area contributed by atoms with Gasteiger partial charge >= 0.3 is 0 Å². The normalized spacial score (nSPS) is 10.7. The van der Waals surface area contributed by atoms with Crippen LogP contribution in [0.4, 0.5) is 5.69 Å². The van der Waals surface area contributed by atoms with Crippen molar-refractivity contribution in [2.75, 3.05) is 18.7 Å². The van der Waals surface area contributed by atoms with Gasteiger partial charge in [0, 0.05) is 33.6 Å². The summed E-state index contributed by atoms with van der Waals surface area (Å²) in [7, 11) is 1.63. The second kappa shape index (κ2) is 9.33. The minimum Gasteiger partial charge on any atom is -0.497 e. The van der Waals surface area contributed by atoms with Crippen molar-refractivity contribution in [1.82, 2.24) is 4.98 Å². The van der Waals surface area contributed by atoms with E-state index < -0.39 is 0 Å². The summed E-state index contributed by atoms with van der Waals surface area (Å²) in [6, 6.07) is 22.9. The summed E-state index contributed by atoms with van der Waals surface area (Å²) >= 11 is 7.99. The SMILES string of the molecule is COc1cccc(-c2cc(SC)ccc2C(=O)Nc2ccc(Cl)c(-c3ccc[nH]3)c2)c1. The number of thioether (sulfide) groups is 1. The zero-order valence-electron chi connectivity index (χ0n) is 17.1. The Bertz CT molecular complexity index is 1220. The molecule has 4 nitrogen and oxygen atoms in total. The van der Waals surface area contributed by atoms with E-state index in [9.17, 15) is 4.79 Å². The average Bonchev–Trinajstić information content (AvgIpc) is 3.34. The Balaban J connectivity index is 1.70. The van der Waals surface area contributed by atoms with Crippen LogP contribution in [0.15, 0.2) is 83.9 Å². The van der Waals surface area contributed by atoms with Gasteiger partial charge in [0.25, 0.3) is 5.91 Å². The first-order valence-electron chi connectivity index (χ1n) is 9.66. The van der Waals surface area contributed by atoms with Gasteiger partial charge in [-0.1, -0.05) is 23.7 Å². The van der Waals surface area contributed by atoms with Crippen LogP contribution in [0.5, 0.6) is 5.75 Å². The van der Waals surface area contributed by atoms with Crippen LogP contribution in [0.2, 0.25) is 5.02 Å². The molecular weight excluding hydrogens is 428 g/mol. The fourth-order valence-corrected chi connectivity index (χ4v) is 4.04. The Morgan fingerprint density at radius 2 is 1.87 bits per heavy atom. The van der Waals surface area contributed by atoms with Gasteiger partial charge in [-0.25, -0.2) is 0 Å². The summed E-state index contributed by atoms with van der Waals surface area (Å²) in [5.74, 6) is 0.553. The van der Waals surface area contributed by atoms with Gasteiger partial charge in [-0.2, -0.15) is 0 Å². The van der Waals surface area contributed by atoms with Gasteiger partial charge in [0.2, 0.25) is 0 Å². The monoisotopic (exact) mass is 448 g/mol. The van der Waals surface area contributed by atoms with E-state index in [1.54, 1.807) is 31.0 Å². The van der Waals surface area contributed by atoms with E-state index >= 15 is 0 Å². The number of amides is 1. The maximum absolute atomic E-state index is 13.3. The third kappa shape index (κ3) is 4.63. The van der Waals surface area contributed by atoms with Gasteiger partial charge < -0.3 is 15.0 Å². The number of carbonyl (C=O) groups is 1. The van der Waals surface area contributed by atoms with Crippen LogP contribution in [0.1, 0.15) is 10.4 Å². The van der Waals surface area contributed by atoms with Gasteiger partial charge in [0.1, 0.15) is 5.75 Å². The number of hydrogen-bond acceptors (Lipinski definition) is 3. The molecule has 0 radical (unpaired) electrons. The van der Waals surface area contributed by atoms with Crippen LogP contribution in [-0.2, 0) is 0 Å². The maximum Gasteiger partial charge on any atom is 0.256 e. The van der Waals surface area contributed by atoms with Crippen LogP contribution in [0, 0.1) is 0 Å². The molecule has 1 amide bonds. The highest BCUT2D eigenvalue weighted by Crippen LogP contribution is 2.33. The number of rotatable bonds is 6. The molecule has 0 aliphatic heterocycles. The predicted octanol–water partition coefficient (Wildman–Crippen LogP) is 6.98. The Morgan fingerprint density at radius 3 is 2.61 bits per heavy atom. The number of nitrogens with one attached hydrogen (secondary N) is 2. The molecule has 0 aliphatic carbocycles. The van der Waals surface area contributed by atoms with Crippen LogP contribution < -0.4 is 10.1 Å². The molecule has 0 atom stereocenters. The fourth-order valence-electron chi connectivity index (χ4n) is 3.38. The lowest BCUT2D eigenvalue weighted by molar-refractivity contribution is 0.102. The van der Waals surface area contributed by atoms with E-state index in [0.29, 0.717) is 16.3 Å². The van der Waals surface area contributed by atoms with E-state index in [1.807, 2.05) is 73.1 Å². The predicted molar refractivity (Wildman–Crippen MR) is 129 cm³/mol. The van der Waals surface area contributed by atoms with Crippen molar-refractivity contribution in [3.05, 3.63) is 89.6 Å². The summed E-state index contributed by atoms with van der Waals surface area (Å²) in [5, 5.41) is 3.63. The number of carbonyl (C=O) groups excluding carboxylic acids is 1. The molecule has 4 aromatic rings. The fraction of sp³-hybridized carbons (Fsp3) is 0.0800. The molecule has 4 rings (SSSR count). The number of H-pyrrole nitrogens is 1. The van der Waals surface area contributed by atoms with Crippen molar-refractivity contribution in [2.24, 2.45) is 0 Å². The number of hydrogen-bond donors (Lipinski definition) is 2. The standard InChI is InChI=1S/C25H21ClN2O2S/c1-30-18-6-3-5-16(13-18)21-15-19(31-2)9-10-20(21)25(29)28-17-8-11-23(26)22(14-17)24-7-4-12-27-24/h3-15,27H,1-2H3,(H,28,29). The third-order valence-electron chi connectivity index (χ3n) is 4.96. The summed E-state index contributed by atoms with van der Waals surface area (Å²) in [5.41, 5.74) is 4.75. The highest BCUT2D eigenvalue weighted by molar-refractivity contribution is 7.98. The molecule has 0 unspecified atom stereocenters. The van der Waals surface area contributed by atoms with Crippen molar-refractivity contribution < 1.29 is 9.53 Å². The van der Waals surface area contributed by atoms with Crippen molar-refractivity contribution in [3.8, 4) is 28.1 Å². The molecule has 2 N–H and O–H groups in total. The topological polar surface area (TPSA) is 54.1 Å². The third-order valence-corrected chi connectivity index (χ3v) is 6.02. The Hall–Kier alpha value is -3.15. The number of anilines is 1. The van der Waals surface area contributed by atoms with Crippen molar-refractivity contribution in [3.63, 3.8) is 0 Å². The number of halogens is 1. The lowest BCUT2D eigenvalue weighted by Gasteiger charge is -2.14. The highest BCUT2D eigenvalue weighted by atomic mass is 35.5. The van der Waals surface area contributed by atoms with Crippen molar-refractivity contribution in [1.29, 1.82) is 0 Å². The lowest BCUT2D eigenvalue weighted by Crippen LogP contribution is -2.13. The smallest absolute Gasteiger partial charge is 0.256 e. The summed E-state index contributed by atoms with van der Waals surface area (Å²) in [4.78, 5) is 17.5. The van der Waals surface area contributed by atoms with Gasteiger partial charge in [-0.3, -0.25) is 4.79 Å². The molecule has 0 fully saturated rings. The van der Waals surface area contributed by atoms with Crippen LogP contribution in [0.25, 0.3) is 22.4 Å². The number of aromatic nitrogens is 1. The molecule has 156 valence electrons. The molecule has 1 heterocycles. The number of aromatic amines is 1. The van der Waals surface area contributed by atoms with Crippen LogP contribution in [-0.4, -0.2) is 24.3 Å². The van der Waals surface area contributed by atoms with Gasteiger partial charge in [0.05, 0.1) is 12.1 Å². The second-order valence-corrected chi connectivity index (χ2v) is 8.16. The van der Waals surface area contributed by atoms with Crippen molar-refractivity contribution in [2.45, 2.75) is 4.90 Å². The first-order valence-corrected chi connectivity index (χ1v) is 11.3. The van der Waals surface area contributed by atoms with Crippen LogP contribution in [0.3, 0.4) is 0 Å². The minimum absolute atomic E-state index is 0.190. The summed E-state index contributed by atoms with van der Waals surface area (Å²) < 4.78 is 5.37. The van der Waals surface area contributed by atoms with E-state index in [4.69, 9.17) is 16.3 Å². The van der Waals surface area contributed by atoms with E-state index in [1.165, 1.54) is 0 Å². The molecule has 1 aromatic heterocycles. The van der Waals surface area contributed by atoms with Gasteiger partial charge in [-0.05, 0) is 78.0 Å². The molecule has 3 aromatic carbocycles. The van der Waals surface area contributed by atoms with E-state index in [0.717, 1.165) is 33.0 Å². The van der Waals surface area contributed by atoms with Crippen LogP contribution >= 0.6 is 23.4 Å². The Morgan fingerprint density at radius 1 is 1.00 bits per heavy atom. The molecular formula is C25H21ClN2O2S.